The van der Waals surface area contributed by atoms with E-state index in [0.717, 1.165) is 11.4 Å². The molecule has 0 radical (unpaired) electrons. The second-order valence-corrected chi connectivity index (χ2v) is 9.93. The Bertz CT molecular complexity index is 1020. The normalized spacial score (nSPS) is 20.4. The lowest BCUT2D eigenvalue weighted by Gasteiger charge is -2.43. The van der Waals surface area contributed by atoms with Crippen LogP contribution in [0.25, 0.3) is 0 Å². The first-order valence-electron chi connectivity index (χ1n) is 9.65. The molecule has 1 aromatic carbocycles. The molecule has 2 amide bonds. The predicted octanol–water partition coefficient (Wildman–Crippen LogP) is 0.967. The standard InChI is InChI=1S/C20H24N4O4S/c1-16-21-9-12-23(16)14-18(25)22-10-7-20(8-11-22)24(19(26)15-29(20,27)28)13-17-5-3-2-4-6-17/h2-6,9,12H,7-8,10-11,13-15H2,1H3. The predicted molar refractivity (Wildman–Crippen MR) is 106 cm³/mol. The van der Waals surface area contributed by atoms with Crippen molar-refractivity contribution >= 4 is 21.7 Å². The minimum atomic E-state index is -3.61. The van der Waals surface area contributed by atoms with E-state index < -0.39 is 20.5 Å². The van der Waals surface area contributed by atoms with Gasteiger partial charge in [-0.15, -0.1) is 0 Å². The van der Waals surface area contributed by atoms with Crippen LogP contribution in [0.3, 0.4) is 0 Å². The van der Waals surface area contributed by atoms with Crippen LogP contribution in [0.1, 0.15) is 24.2 Å². The lowest BCUT2D eigenvalue weighted by Crippen LogP contribution is -2.57. The Labute approximate surface area is 170 Å². The summed E-state index contributed by atoms with van der Waals surface area (Å²) in [5, 5.41) is 0. The van der Waals surface area contributed by atoms with Crippen LogP contribution in [0.15, 0.2) is 42.7 Å². The summed E-state index contributed by atoms with van der Waals surface area (Å²) in [6.45, 7) is 2.89. The van der Waals surface area contributed by atoms with Crippen LogP contribution >= 0.6 is 0 Å². The Hall–Kier alpha value is -2.68. The first kappa shape index (κ1) is 19.6. The minimum absolute atomic E-state index is 0.0720. The number of sulfone groups is 1. The molecule has 154 valence electrons. The lowest BCUT2D eigenvalue weighted by molar-refractivity contribution is -0.136. The second-order valence-electron chi connectivity index (χ2n) is 7.65. The Balaban J connectivity index is 1.51. The number of rotatable bonds is 4. The summed E-state index contributed by atoms with van der Waals surface area (Å²) in [6, 6.07) is 9.40. The Morgan fingerprint density at radius 3 is 2.48 bits per heavy atom. The third-order valence-electron chi connectivity index (χ3n) is 6.00. The van der Waals surface area contributed by atoms with Crippen LogP contribution < -0.4 is 0 Å². The van der Waals surface area contributed by atoms with Crippen molar-refractivity contribution in [1.29, 1.82) is 0 Å². The smallest absolute Gasteiger partial charge is 0.242 e. The Morgan fingerprint density at radius 2 is 1.86 bits per heavy atom. The maximum atomic E-state index is 12.9. The van der Waals surface area contributed by atoms with Crippen LogP contribution in [0.5, 0.6) is 0 Å². The summed E-state index contributed by atoms with van der Waals surface area (Å²) in [5.41, 5.74) is 0.895. The first-order chi connectivity index (χ1) is 13.8. The zero-order valence-electron chi connectivity index (χ0n) is 16.3. The van der Waals surface area contributed by atoms with Crippen molar-refractivity contribution in [1.82, 2.24) is 19.4 Å². The van der Waals surface area contributed by atoms with Gasteiger partial charge in [-0.3, -0.25) is 9.59 Å². The number of hydrogen-bond donors (Lipinski definition) is 0. The summed E-state index contributed by atoms with van der Waals surface area (Å²) in [5.74, 6) is -0.132. The van der Waals surface area contributed by atoms with Crippen LogP contribution in [0, 0.1) is 6.92 Å². The summed E-state index contributed by atoms with van der Waals surface area (Å²) in [7, 11) is -3.61. The summed E-state index contributed by atoms with van der Waals surface area (Å²) in [6.07, 6.45) is 3.87. The maximum Gasteiger partial charge on any atom is 0.242 e. The first-order valence-corrected chi connectivity index (χ1v) is 11.3. The average Bonchev–Trinajstić information content (AvgIpc) is 3.17. The number of carbonyl (C=O) groups excluding carboxylic acids is 2. The zero-order chi connectivity index (χ0) is 20.6. The van der Waals surface area contributed by atoms with E-state index in [-0.39, 0.29) is 37.7 Å². The third kappa shape index (κ3) is 3.43. The van der Waals surface area contributed by atoms with Crippen molar-refractivity contribution < 1.29 is 18.0 Å². The Morgan fingerprint density at radius 1 is 1.17 bits per heavy atom. The number of nitrogens with zero attached hydrogens (tertiary/aromatic N) is 4. The SMILES string of the molecule is Cc1nccn1CC(=O)N1CCC2(CC1)N(Cc1ccccc1)C(=O)CS2(=O)=O. The van der Waals surface area contributed by atoms with Crippen molar-refractivity contribution in [3.8, 4) is 0 Å². The molecule has 2 aliphatic rings. The van der Waals surface area contributed by atoms with Gasteiger partial charge in [0.05, 0.1) is 0 Å². The van der Waals surface area contributed by atoms with Crippen LogP contribution in [-0.4, -0.2) is 63.3 Å². The average molecular weight is 417 g/mol. The molecule has 0 bridgehead atoms. The highest BCUT2D eigenvalue weighted by Gasteiger charge is 2.58. The van der Waals surface area contributed by atoms with E-state index in [1.54, 1.807) is 21.9 Å². The van der Waals surface area contributed by atoms with Gasteiger partial charge < -0.3 is 14.4 Å². The molecule has 1 spiro atoms. The monoisotopic (exact) mass is 416 g/mol. The molecule has 9 heteroatoms. The molecule has 8 nitrogen and oxygen atoms in total. The third-order valence-corrected chi connectivity index (χ3v) is 8.41. The van der Waals surface area contributed by atoms with Crippen molar-refractivity contribution in [2.24, 2.45) is 0 Å². The molecule has 0 atom stereocenters. The van der Waals surface area contributed by atoms with Gasteiger partial charge in [-0.25, -0.2) is 13.4 Å². The van der Waals surface area contributed by atoms with Gasteiger partial charge in [0.15, 0.2) is 9.84 Å². The van der Waals surface area contributed by atoms with E-state index in [0.29, 0.717) is 13.1 Å². The molecule has 3 heterocycles. The van der Waals surface area contributed by atoms with Gasteiger partial charge in [-0.1, -0.05) is 30.3 Å². The highest BCUT2D eigenvalue weighted by atomic mass is 32.2. The van der Waals surface area contributed by atoms with Gasteiger partial charge in [0.2, 0.25) is 11.8 Å². The largest absolute Gasteiger partial charge is 0.341 e. The summed E-state index contributed by atoms with van der Waals surface area (Å²) >= 11 is 0. The van der Waals surface area contributed by atoms with Gasteiger partial charge in [0, 0.05) is 44.9 Å². The number of carbonyl (C=O) groups is 2. The van der Waals surface area contributed by atoms with Gasteiger partial charge in [-0.2, -0.15) is 0 Å². The fourth-order valence-electron chi connectivity index (χ4n) is 4.27. The summed E-state index contributed by atoms with van der Waals surface area (Å²) in [4.78, 5) is 31.4. The highest BCUT2D eigenvalue weighted by Crippen LogP contribution is 2.40. The molecule has 0 aliphatic carbocycles. The van der Waals surface area contributed by atoms with Gasteiger partial charge >= 0.3 is 0 Å². The molecular formula is C20H24N4O4S. The van der Waals surface area contributed by atoms with Gasteiger partial charge in [-0.05, 0) is 12.5 Å². The maximum absolute atomic E-state index is 12.9. The number of aryl methyl sites for hydroxylation is 1. The fourth-order valence-corrected chi connectivity index (χ4v) is 6.33. The van der Waals surface area contributed by atoms with Gasteiger partial charge in [0.1, 0.15) is 23.0 Å². The molecular weight excluding hydrogens is 392 g/mol. The number of piperidine rings is 1. The minimum Gasteiger partial charge on any atom is -0.341 e. The highest BCUT2D eigenvalue weighted by molar-refractivity contribution is 7.93. The molecule has 2 aliphatic heterocycles. The van der Waals surface area contributed by atoms with Crippen LogP contribution in [-0.2, 0) is 32.5 Å². The summed E-state index contributed by atoms with van der Waals surface area (Å²) < 4.78 is 27.7. The number of amides is 2. The number of aromatic nitrogens is 2. The van der Waals surface area contributed by atoms with Crippen molar-refractivity contribution in [3.63, 3.8) is 0 Å². The fraction of sp³-hybridized carbons (Fsp3) is 0.450. The molecule has 2 fully saturated rings. The van der Waals surface area contributed by atoms with Gasteiger partial charge in [0.25, 0.3) is 0 Å². The molecule has 29 heavy (non-hydrogen) atoms. The van der Waals surface area contributed by atoms with E-state index >= 15 is 0 Å². The lowest BCUT2D eigenvalue weighted by atomic mass is 10.0. The number of hydrogen-bond acceptors (Lipinski definition) is 5. The number of benzene rings is 1. The van der Waals surface area contributed by atoms with Crippen LogP contribution in [0.2, 0.25) is 0 Å². The Kier molecular flexibility index (Phi) is 4.94. The van der Waals surface area contributed by atoms with Crippen molar-refractivity contribution in [2.75, 3.05) is 18.8 Å². The zero-order valence-corrected chi connectivity index (χ0v) is 17.1. The molecule has 0 N–H and O–H groups in total. The molecule has 2 saturated heterocycles. The molecule has 0 saturated carbocycles. The molecule has 2 aromatic rings. The second kappa shape index (κ2) is 7.29. The van der Waals surface area contributed by atoms with Crippen molar-refractivity contribution in [2.45, 2.75) is 37.7 Å². The molecule has 1 aromatic heterocycles. The van der Waals surface area contributed by atoms with E-state index in [4.69, 9.17) is 0 Å². The quantitative estimate of drug-likeness (QED) is 0.740. The topological polar surface area (TPSA) is 92.6 Å². The van der Waals surface area contributed by atoms with E-state index in [1.807, 2.05) is 37.3 Å². The van der Waals surface area contributed by atoms with E-state index in [9.17, 15) is 18.0 Å². The van der Waals surface area contributed by atoms with E-state index in [1.165, 1.54) is 4.90 Å². The van der Waals surface area contributed by atoms with Crippen molar-refractivity contribution in [3.05, 3.63) is 54.1 Å². The number of likely N-dealkylation sites (tertiary alicyclic amines) is 1. The number of imidazole rings is 1. The van der Waals surface area contributed by atoms with E-state index in [2.05, 4.69) is 4.98 Å². The molecule has 0 unspecified atom stereocenters. The molecule has 4 rings (SSSR count). The van der Waals surface area contributed by atoms with Crippen LogP contribution in [0.4, 0.5) is 0 Å².